The van der Waals surface area contributed by atoms with Crippen molar-refractivity contribution >= 4 is 15.9 Å². The lowest BCUT2D eigenvalue weighted by atomic mass is 10.3. The van der Waals surface area contributed by atoms with Crippen LogP contribution in [0.3, 0.4) is 0 Å². The second-order valence-corrected chi connectivity index (χ2v) is 7.39. The molecule has 0 aliphatic carbocycles. The first-order valence-corrected chi connectivity index (χ1v) is 9.15. The van der Waals surface area contributed by atoms with Gasteiger partial charge < -0.3 is 10.1 Å². The summed E-state index contributed by atoms with van der Waals surface area (Å²) >= 11 is 0. The van der Waals surface area contributed by atoms with Gasteiger partial charge in [-0.2, -0.15) is 4.31 Å². The van der Waals surface area contributed by atoms with E-state index in [1.54, 1.807) is 30.3 Å². The van der Waals surface area contributed by atoms with Gasteiger partial charge in [0.05, 0.1) is 18.6 Å². The molecule has 1 aliphatic heterocycles. The van der Waals surface area contributed by atoms with Gasteiger partial charge >= 0.3 is 0 Å². The molecule has 2 rings (SSSR count). The monoisotopic (exact) mass is 353 g/mol. The lowest BCUT2D eigenvalue weighted by Crippen LogP contribution is -2.51. The first-order valence-electron chi connectivity index (χ1n) is 7.71. The maximum atomic E-state index is 12.6. The molecule has 8 heteroatoms. The summed E-state index contributed by atoms with van der Waals surface area (Å²) in [4.78, 5) is 13.9. The molecular formula is C16H23N3O4S. The summed E-state index contributed by atoms with van der Waals surface area (Å²) < 4.78 is 31.8. The average Bonchev–Trinajstić information content (AvgIpc) is 2.60. The smallest absolute Gasteiger partial charge is 0.243 e. The lowest BCUT2D eigenvalue weighted by Gasteiger charge is -2.33. The largest absolute Gasteiger partial charge is 0.497 e. The first kappa shape index (κ1) is 18.4. The van der Waals surface area contributed by atoms with Crippen LogP contribution in [-0.4, -0.2) is 69.9 Å². The van der Waals surface area contributed by atoms with Crippen molar-refractivity contribution in [1.29, 1.82) is 0 Å². The summed E-state index contributed by atoms with van der Waals surface area (Å²) in [5.74, 6) is 0.533. The third-order valence-electron chi connectivity index (χ3n) is 3.84. The molecule has 1 aromatic carbocycles. The van der Waals surface area contributed by atoms with Crippen molar-refractivity contribution in [2.45, 2.75) is 4.90 Å². The molecule has 1 N–H and O–H groups in total. The molecule has 1 amide bonds. The zero-order chi connectivity index (χ0) is 17.6. The minimum atomic E-state index is -3.52. The van der Waals surface area contributed by atoms with Gasteiger partial charge in [0, 0.05) is 32.7 Å². The minimum absolute atomic E-state index is 0.0821. The number of carbonyl (C=O) groups excluding carboxylic acids is 1. The molecule has 7 nitrogen and oxygen atoms in total. The van der Waals surface area contributed by atoms with Crippen LogP contribution in [0.2, 0.25) is 0 Å². The number of ether oxygens (including phenoxy) is 1. The zero-order valence-electron chi connectivity index (χ0n) is 13.8. The maximum Gasteiger partial charge on any atom is 0.243 e. The van der Waals surface area contributed by atoms with Crippen LogP contribution in [0.5, 0.6) is 5.75 Å². The number of nitrogens with one attached hydrogen (secondary N) is 1. The molecule has 1 saturated heterocycles. The second kappa shape index (κ2) is 8.27. The van der Waals surface area contributed by atoms with E-state index in [9.17, 15) is 13.2 Å². The molecule has 0 atom stereocenters. The zero-order valence-corrected chi connectivity index (χ0v) is 14.6. The number of piperazine rings is 1. The van der Waals surface area contributed by atoms with Gasteiger partial charge in [-0.25, -0.2) is 8.42 Å². The second-order valence-electron chi connectivity index (χ2n) is 5.45. The van der Waals surface area contributed by atoms with Crippen LogP contribution in [0.15, 0.2) is 41.8 Å². The highest BCUT2D eigenvalue weighted by Crippen LogP contribution is 2.20. The van der Waals surface area contributed by atoms with Gasteiger partial charge in [-0.1, -0.05) is 6.08 Å². The Morgan fingerprint density at radius 1 is 1.25 bits per heavy atom. The SMILES string of the molecule is C=CCNC(=O)CN1CCN(S(=O)(=O)c2ccc(OC)cc2)CC1. The van der Waals surface area contributed by atoms with Crippen molar-refractivity contribution in [3.63, 3.8) is 0 Å². The summed E-state index contributed by atoms with van der Waals surface area (Å²) in [7, 11) is -1.98. The van der Waals surface area contributed by atoms with Crippen molar-refractivity contribution in [3.05, 3.63) is 36.9 Å². The Kier molecular flexibility index (Phi) is 6.36. The van der Waals surface area contributed by atoms with Crippen LogP contribution in [0.25, 0.3) is 0 Å². The van der Waals surface area contributed by atoms with E-state index in [-0.39, 0.29) is 17.3 Å². The van der Waals surface area contributed by atoms with E-state index in [1.807, 2.05) is 4.90 Å². The Labute approximate surface area is 142 Å². The van der Waals surface area contributed by atoms with Crippen molar-refractivity contribution in [3.8, 4) is 5.75 Å². The van der Waals surface area contributed by atoms with Gasteiger partial charge in [-0.15, -0.1) is 6.58 Å². The highest BCUT2D eigenvalue weighted by Gasteiger charge is 2.28. The number of methoxy groups -OCH3 is 1. The molecule has 0 saturated carbocycles. The van der Waals surface area contributed by atoms with Gasteiger partial charge in [0.2, 0.25) is 15.9 Å². The van der Waals surface area contributed by atoms with E-state index < -0.39 is 10.0 Å². The van der Waals surface area contributed by atoms with Crippen molar-refractivity contribution in [2.24, 2.45) is 0 Å². The standard InChI is InChI=1S/C16H23N3O4S/c1-3-8-17-16(20)13-18-9-11-19(12-10-18)24(21,22)15-6-4-14(23-2)5-7-15/h3-7H,1,8-13H2,2H3,(H,17,20). The summed E-state index contributed by atoms with van der Waals surface area (Å²) in [6.45, 7) is 6.03. The van der Waals surface area contributed by atoms with Gasteiger partial charge in [0.1, 0.15) is 5.75 Å². The van der Waals surface area contributed by atoms with E-state index in [2.05, 4.69) is 11.9 Å². The van der Waals surface area contributed by atoms with Crippen LogP contribution in [0, 0.1) is 0 Å². The fourth-order valence-corrected chi connectivity index (χ4v) is 3.89. The molecule has 132 valence electrons. The topological polar surface area (TPSA) is 79.0 Å². The number of benzene rings is 1. The Balaban J connectivity index is 1.92. The summed E-state index contributed by atoms with van der Waals surface area (Å²) in [5, 5.41) is 2.72. The van der Waals surface area contributed by atoms with Crippen molar-refractivity contribution in [2.75, 3.05) is 46.4 Å². The molecule has 24 heavy (non-hydrogen) atoms. The number of hydrogen-bond acceptors (Lipinski definition) is 5. The van der Waals surface area contributed by atoms with Crippen LogP contribution in [0.4, 0.5) is 0 Å². The maximum absolute atomic E-state index is 12.6. The number of rotatable bonds is 7. The van der Waals surface area contributed by atoms with Gasteiger partial charge in [-0.3, -0.25) is 9.69 Å². The molecular weight excluding hydrogens is 330 g/mol. The van der Waals surface area contributed by atoms with Crippen LogP contribution in [0.1, 0.15) is 0 Å². The summed E-state index contributed by atoms with van der Waals surface area (Å²) in [5.41, 5.74) is 0. The number of carbonyl (C=O) groups is 1. The molecule has 0 radical (unpaired) electrons. The quantitative estimate of drug-likeness (QED) is 0.714. The van der Waals surface area contributed by atoms with Gasteiger partial charge in [0.25, 0.3) is 0 Å². The minimum Gasteiger partial charge on any atom is -0.497 e. The summed E-state index contributed by atoms with van der Waals surface area (Å²) in [6, 6.07) is 6.35. The molecule has 1 fully saturated rings. The first-order chi connectivity index (χ1) is 11.5. The molecule has 0 bridgehead atoms. The number of sulfonamides is 1. The Morgan fingerprint density at radius 3 is 2.42 bits per heavy atom. The number of amides is 1. The van der Waals surface area contributed by atoms with Gasteiger partial charge in [-0.05, 0) is 24.3 Å². The fourth-order valence-electron chi connectivity index (χ4n) is 2.47. The predicted molar refractivity (Wildman–Crippen MR) is 91.4 cm³/mol. The number of hydrogen-bond donors (Lipinski definition) is 1. The third kappa shape index (κ3) is 4.56. The molecule has 1 aliphatic rings. The fraction of sp³-hybridized carbons (Fsp3) is 0.438. The van der Waals surface area contributed by atoms with Crippen molar-refractivity contribution in [1.82, 2.24) is 14.5 Å². The van der Waals surface area contributed by atoms with E-state index in [0.29, 0.717) is 38.5 Å². The molecule has 1 heterocycles. The molecule has 0 unspecified atom stereocenters. The number of nitrogens with zero attached hydrogens (tertiary/aromatic N) is 2. The highest BCUT2D eigenvalue weighted by atomic mass is 32.2. The van der Waals surface area contributed by atoms with Crippen LogP contribution in [-0.2, 0) is 14.8 Å². The molecule has 1 aromatic rings. The normalized spacial score (nSPS) is 16.5. The van der Waals surface area contributed by atoms with Crippen LogP contribution < -0.4 is 10.1 Å². The Morgan fingerprint density at radius 2 is 1.88 bits per heavy atom. The van der Waals surface area contributed by atoms with Crippen molar-refractivity contribution < 1.29 is 17.9 Å². The van der Waals surface area contributed by atoms with E-state index in [0.717, 1.165) is 0 Å². The predicted octanol–water partition coefficient (Wildman–Crippen LogP) is 0.304. The third-order valence-corrected chi connectivity index (χ3v) is 5.75. The Hall–Kier alpha value is -1.90. The highest BCUT2D eigenvalue weighted by molar-refractivity contribution is 7.89. The van der Waals surface area contributed by atoms with E-state index >= 15 is 0 Å². The summed E-state index contributed by atoms with van der Waals surface area (Å²) in [6.07, 6.45) is 1.62. The molecule has 0 spiro atoms. The molecule has 0 aromatic heterocycles. The van der Waals surface area contributed by atoms with E-state index in [4.69, 9.17) is 4.74 Å². The Bertz CT molecular complexity index is 665. The lowest BCUT2D eigenvalue weighted by molar-refractivity contribution is -0.122. The average molecular weight is 353 g/mol. The van der Waals surface area contributed by atoms with E-state index in [1.165, 1.54) is 11.4 Å². The van der Waals surface area contributed by atoms with Gasteiger partial charge in [0.15, 0.2) is 0 Å². The van der Waals surface area contributed by atoms with Crippen LogP contribution >= 0.6 is 0 Å².